The van der Waals surface area contributed by atoms with Crippen molar-refractivity contribution in [3.05, 3.63) is 5.21 Å². The molecule has 114 valence electrons. The van der Waals surface area contributed by atoms with Crippen LogP contribution in [0.5, 0.6) is 0 Å². The van der Waals surface area contributed by atoms with E-state index < -0.39 is 12.9 Å². The highest BCUT2D eigenvalue weighted by Crippen LogP contribution is 2.66. The molecule has 0 N–H and O–H groups in total. The van der Waals surface area contributed by atoms with Gasteiger partial charge >= 0.3 is 7.60 Å². The molecule has 1 saturated carbocycles. The minimum absolute atomic E-state index is 0.229. The van der Waals surface area contributed by atoms with Crippen LogP contribution < -0.4 is 0 Å². The third-order valence-electron chi connectivity index (χ3n) is 3.64. The van der Waals surface area contributed by atoms with E-state index in [0.29, 0.717) is 26.1 Å². The number of hydrogen-bond acceptors (Lipinski definition) is 5. The van der Waals surface area contributed by atoms with Crippen LogP contribution in [-0.2, 0) is 13.6 Å². The number of rotatable bonds is 7. The molecule has 0 saturated heterocycles. The molecule has 0 heterocycles. The predicted molar refractivity (Wildman–Crippen MR) is 77.0 cm³/mol. The average Bonchev–Trinajstić information content (AvgIpc) is 2.39. The topological polar surface area (TPSA) is 61.8 Å². The summed E-state index contributed by atoms with van der Waals surface area (Å²) >= 11 is 0. The Balaban J connectivity index is 3.15. The van der Waals surface area contributed by atoms with Crippen molar-refractivity contribution < 1.29 is 13.6 Å². The fraction of sp³-hybridized carbons (Fsp3) is 1.00. The van der Waals surface area contributed by atoms with Gasteiger partial charge in [-0.05, 0) is 32.7 Å². The first-order valence-electron chi connectivity index (χ1n) is 7.29. The van der Waals surface area contributed by atoms with Gasteiger partial charge in [-0.2, -0.15) is 0 Å². The molecule has 0 amide bonds. The van der Waals surface area contributed by atoms with Crippen LogP contribution in [0.1, 0.15) is 59.8 Å². The minimum Gasteiger partial charge on any atom is -0.784 e. The smallest absolute Gasteiger partial charge is 0.349 e. The Morgan fingerprint density at radius 2 is 1.63 bits per heavy atom. The zero-order valence-electron chi connectivity index (χ0n) is 12.6. The van der Waals surface area contributed by atoms with E-state index in [9.17, 15) is 9.77 Å². The summed E-state index contributed by atoms with van der Waals surface area (Å²) in [4.78, 5) is 0. The fourth-order valence-electron chi connectivity index (χ4n) is 2.83. The average molecular weight is 292 g/mol. The lowest BCUT2D eigenvalue weighted by atomic mass is 9.94. The van der Waals surface area contributed by atoms with Crippen LogP contribution in [0, 0.1) is 5.21 Å². The lowest BCUT2D eigenvalue weighted by Crippen LogP contribution is -2.50. The van der Waals surface area contributed by atoms with Gasteiger partial charge in [0.1, 0.15) is 5.28 Å². The quantitative estimate of drug-likeness (QED) is 0.521. The highest BCUT2D eigenvalue weighted by atomic mass is 31.2. The van der Waals surface area contributed by atoms with Crippen LogP contribution in [0.4, 0.5) is 0 Å². The van der Waals surface area contributed by atoms with Crippen molar-refractivity contribution in [3.8, 4) is 0 Å². The first kappa shape index (κ1) is 17.1. The Bertz CT molecular complexity index is 306. The largest absolute Gasteiger partial charge is 0.784 e. The molecule has 0 atom stereocenters. The van der Waals surface area contributed by atoms with Crippen LogP contribution in [-0.4, -0.2) is 29.6 Å². The van der Waals surface area contributed by atoms with Crippen molar-refractivity contribution in [1.29, 1.82) is 0 Å². The number of hydrogen-bond donors (Lipinski definition) is 0. The minimum atomic E-state index is -3.42. The SMILES string of the molecule is CCOP(=O)(OCC)C1(N([O-])C(C)C)CCCCC1. The van der Waals surface area contributed by atoms with Gasteiger partial charge in [-0.25, -0.2) is 0 Å². The highest BCUT2D eigenvalue weighted by molar-refractivity contribution is 7.55. The van der Waals surface area contributed by atoms with Crippen LogP contribution in [0.2, 0.25) is 0 Å². The normalized spacial score (nSPS) is 20.2. The maximum absolute atomic E-state index is 13.2. The van der Waals surface area contributed by atoms with Gasteiger partial charge in [0.2, 0.25) is 0 Å². The Morgan fingerprint density at radius 1 is 1.16 bits per heavy atom. The lowest BCUT2D eigenvalue weighted by molar-refractivity contribution is 0.0865. The van der Waals surface area contributed by atoms with Gasteiger partial charge in [-0.1, -0.05) is 33.1 Å². The van der Waals surface area contributed by atoms with Crippen LogP contribution >= 0.6 is 7.60 Å². The monoisotopic (exact) mass is 292 g/mol. The Hall–Kier alpha value is 0.0700. The molecule has 19 heavy (non-hydrogen) atoms. The second-order valence-electron chi connectivity index (χ2n) is 5.30. The Morgan fingerprint density at radius 3 is 2.00 bits per heavy atom. The van der Waals surface area contributed by atoms with E-state index in [-0.39, 0.29) is 6.04 Å². The number of hydroxylamine groups is 2. The van der Waals surface area contributed by atoms with E-state index in [4.69, 9.17) is 9.05 Å². The molecule has 1 aliphatic carbocycles. The molecule has 0 aliphatic heterocycles. The molecule has 1 rings (SSSR count). The molecule has 5 nitrogen and oxygen atoms in total. The van der Waals surface area contributed by atoms with E-state index >= 15 is 0 Å². The van der Waals surface area contributed by atoms with Crippen LogP contribution in [0.25, 0.3) is 0 Å². The lowest BCUT2D eigenvalue weighted by Gasteiger charge is -2.54. The molecular weight excluding hydrogens is 265 g/mol. The summed E-state index contributed by atoms with van der Waals surface area (Å²) in [5, 5.41) is 12.6. The molecule has 0 unspecified atom stereocenters. The summed E-state index contributed by atoms with van der Waals surface area (Å²) in [5.41, 5.74) is 0. The summed E-state index contributed by atoms with van der Waals surface area (Å²) < 4.78 is 24.1. The van der Waals surface area contributed by atoms with E-state index in [2.05, 4.69) is 0 Å². The van der Waals surface area contributed by atoms with Gasteiger partial charge in [0.25, 0.3) is 0 Å². The van der Waals surface area contributed by atoms with Crippen molar-refractivity contribution in [1.82, 2.24) is 5.06 Å². The molecule has 1 fully saturated rings. The van der Waals surface area contributed by atoms with Gasteiger partial charge in [0.05, 0.1) is 13.2 Å². The molecule has 0 aromatic rings. The molecule has 0 aromatic heterocycles. The Kier molecular flexibility index (Phi) is 6.48. The molecule has 6 heteroatoms. The predicted octanol–water partition coefficient (Wildman–Crippen LogP) is 4.12. The van der Waals surface area contributed by atoms with E-state index in [1.54, 1.807) is 13.8 Å². The third kappa shape index (κ3) is 3.40. The van der Waals surface area contributed by atoms with Gasteiger partial charge in [-0.3, -0.25) is 4.57 Å². The highest BCUT2D eigenvalue weighted by Gasteiger charge is 2.52. The summed E-state index contributed by atoms with van der Waals surface area (Å²) in [6, 6.07) is -0.229. The molecule has 0 radical (unpaired) electrons. The van der Waals surface area contributed by atoms with Gasteiger partial charge in [0.15, 0.2) is 0 Å². The van der Waals surface area contributed by atoms with Crippen molar-refractivity contribution in [2.45, 2.75) is 71.1 Å². The maximum atomic E-state index is 13.2. The van der Waals surface area contributed by atoms with Gasteiger partial charge in [0, 0.05) is 0 Å². The molecule has 0 aromatic carbocycles. The van der Waals surface area contributed by atoms with E-state index in [1.165, 1.54) is 0 Å². The van der Waals surface area contributed by atoms with E-state index in [1.807, 2.05) is 13.8 Å². The maximum Gasteiger partial charge on any atom is 0.349 e. The van der Waals surface area contributed by atoms with Crippen LogP contribution in [0.15, 0.2) is 0 Å². The summed E-state index contributed by atoms with van der Waals surface area (Å²) in [6.07, 6.45) is 4.05. The van der Waals surface area contributed by atoms with Crippen molar-refractivity contribution in [3.63, 3.8) is 0 Å². The number of nitrogens with zero attached hydrogens (tertiary/aromatic N) is 1. The van der Waals surface area contributed by atoms with Crippen molar-refractivity contribution in [2.75, 3.05) is 13.2 Å². The first-order valence-corrected chi connectivity index (χ1v) is 8.83. The standard InChI is InChI=1S/C13H27NO4P/c1-5-17-19(16,18-6-2)13(14(15)12(3)4)10-8-7-9-11-13/h12H,5-11H2,1-4H3/q-1. The molecular formula is C13H27NO4P-. The van der Waals surface area contributed by atoms with E-state index in [0.717, 1.165) is 24.3 Å². The summed E-state index contributed by atoms with van der Waals surface area (Å²) in [6.45, 7) is 7.81. The molecule has 0 bridgehead atoms. The van der Waals surface area contributed by atoms with Crippen LogP contribution in [0.3, 0.4) is 0 Å². The molecule has 0 spiro atoms. The zero-order chi connectivity index (χ0) is 14.5. The molecule has 1 aliphatic rings. The second kappa shape index (κ2) is 7.19. The van der Waals surface area contributed by atoms with Crippen molar-refractivity contribution >= 4 is 7.60 Å². The Labute approximate surface area is 116 Å². The first-order chi connectivity index (χ1) is 8.93. The third-order valence-corrected chi connectivity index (χ3v) is 6.50. The fourth-order valence-corrected chi connectivity index (χ4v) is 5.40. The van der Waals surface area contributed by atoms with Gasteiger partial charge < -0.3 is 19.3 Å². The zero-order valence-corrected chi connectivity index (χ0v) is 13.4. The second-order valence-corrected chi connectivity index (χ2v) is 7.64. The van der Waals surface area contributed by atoms with Crippen molar-refractivity contribution in [2.24, 2.45) is 0 Å². The summed E-state index contributed by atoms with van der Waals surface area (Å²) in [7, 11) is -3.42. The summed E-state index contributed by atoms with van der Waals surface area (Å²) in [5.74, 6) is 0. The van der Waals surface area contributed by atoms with Gasteiger partial charge in [-0.15, -0.1) is 0 Å².